The standard InChI is InChI=1S/C12H13FO/c1-9(14)10-2-4-11(5-3-10)12(8-13)6-7-12/h2-5H,6-8H2,1H3. The summed E-state index contributed by atoms with van der Waals surface area (Å²) in [4.78, 5) is 11.0. The van der Waals surface area contributed by atoms with E-state index >= 15 is 0 Å². The summed E-state index contributed by atoms with van der Waals surface area (Å²) in [7, 11) is 0. The van der Waals surface area contributed by atoms with Crippen LogP contribution in [0.25, 0.3) is 0 Å². The number of halogens is 1. The van der Waals surface area contributed by atoms with Crippen LogP contribution < -0.4 is 0 Å². The van der Waals surface area contributed by atoms with Gasteiger partial charge in [-0.15, -0.1) is 0 Å². The predicted molar refractivity (Wildman–Crippen MR) is 53.3 cm³/mol. The summed E-state index contributed by atoms with van der Waals surface area (Å²) in [6, 6.07) is 7.33. The summed E-state index contributed by atoms with van der Waals surface area (Å²) in [5, 5.41) is 0. The van der Waals surface area contributed by atoms with Gasteiger partial charge in [-0.1, -0.05) is 24.3 Å². The number of ketones is 1. The van der Waals surface area contributed by atoms with Gasteiger partial charge in [-0.05, 0) is 25.3 Å². The molecule has 0 spiro atoms. The number of carbonyl (C=O) groups excluding carboxylic acids is 1. The normalized spacial score (nSPS) is 17.9. The fourth-order valence-corrected chi connectivity index (χ4v) is 1.71. The first kappa shape index (κ1) is 9.38. The maximum Gasteiger partial charge on any atom is 0.159 e. The van der Waals surface area contributed by atoms with Crippen LogP contribution in [0.2, 0.25) is 0 Å². The molecule has 0 aliphatic heterocycles. The van der Waals surface area contributed by atoms with E-state index in [-0.39, 0.29) is 17.9 Å². The molecule has 1 fully saturated rings. The molecule has 1 aromatic carbocycles. The maximum absolute atomic E-state index is 12.7. The topological polar surface area (TPSA) is 17.1 Å². The van der Waals surface area contributed by atoms with Crippen molar-refractivity contribution in [2.24, 2.45) is 0 Å². The Morgan fingerprint density at radius 1 is 1.36 bits per heavy atom. The smallest absolute Gasteiger partial charge is 0.159 e. The molecule has 2 heteroatoms. The van der Waals surface area contributed by atoms with Gasteiger partial charge in [0.1, 0.15) is 0 Å². The zero-order chi connectivity index (χ0) is 10.2. The van der Waals surface area contributed by atoms with E-state index in [9.17, 15) is 9.18 Å². The summed E-state index contributed by atoms with van der Waals surface area (Å²) in [5.41, 5.74) is 1.52. The van der Waals surface area contributed by atoms with Gasteiger partial charge in [-0.2, -0.15) is 0 Å². The van der Waals surface area contributed by atoms with Gasteiger partial charge in [-0.25, -0.2) is 0 Å². The van der Waals surface area contributed by atoms with Gasteiger partial charge in [0.05, 0.1) is 6.67 Å². The van der Waals surface area contributed by atoms with Crippen molar-refractivity contribution in [2.75, 3.05) is 6.67 Å². The molecule has 0 N–H and O–H groups in total. The molecule has 0 aromatic heterocycles. The first-order chi connectivity index (χ1) is 6.68. The molecule has 1 saturated carbocycles. The Bertz CT molecular complexity index is 349. The molecule has 0 atom stereocenters. The van der Waals surface area contributed by atoms with Crippen LogP contribution in [-0.2, 0) is 5.41 Å². The van der Waals surface area contributed by atoms with Crippen LogP contribution >= 0.6 is 0 Å². The Morgan fingerprint density at radius 2 is 1.93 bits per heavy atom. The highest BCUT2D eigenvalue weighted by atomic mass is 19.1. The van der Waals surface area contributed by atoms with Crippen LogP contribution in [0.5, 0.6) is 0 Å². The summed E-state index contributed by atoms with van der Waals surface area (Å²) < 4.78 is 12.7. The molecule has 2 rings (SSSR count). The molecule has 0 heterocycles. The lowest BCUT2D eigenvalue weighted by molar-refractivity contribution is 0.101. The van der Waals surface area contributed by atoms with Gasteiger partial charge < -0.3 is 0 Å². The molecule has 74 valence electrons. The third-order valence-corrected chi connectivity index (χ3v) is 3.01. The van der Waals surface area contributed by atoms with Crippen LogP contribution in [0.4, 0.5) is 4.39 Å². The van der Waals surface area contributed by atoms with Gasteiger partial charge in [0.2, 0.25) is 0 Å². The summed E-state index contributed by atoms with van der Waals surface area (Å²) in [6.07, 6.45) is 1.87. The molecular weight excluding hydrogens is 179 g/mol. The minimum atomic E-state index is -0.285. The SMILES string of the molecule is CC(=O)c1ccc(C2(CF)CC2)cc1. The van der Waals surface area contributed by atoms with Crippen molar-refractivity contribution in [3.63, 3.8) is 0 Å². The van der Waals surface area contributed by atoms with E-state index in [1.54, 1.807) is 12.1 Å². The van der Waals surface area contributed by atoms with Crippen molar-refractivity contribution in [2.45, 2.75) is 25.2 Å². The highest BCUT2D eigenvalue weighted by Gasteiger charge is 2.44. The Morgan fingerprint density at radius 3 is 2.29 bits per heavy atom. The van der Waals surface area contributed by atoms with Crippen LogP contribution in [0, 0.1) is 0 Å². The van der Waals surface area contributed by atoms with Gasteiger partial charge in [0, 0.05) is 11.0 Å². The number of alkyl halides is 1. The third kappa shape index (κ3) is 1.45. The van der Waals surface area contributed by atoms with Crippen molar-refractivity contribution in [3.8, 4) is 0 Å². The molecule has 0 saturated heterocycles. The largest absolute Gasteiger partial charge is 0.295 e. The van der Waals surface area contributed by atoms with Crippen molar-refractivity contribution < 1.29 is 9.18 Å². The van der Waals surface area contributed by atoms with Crippen LogP contribution in [0.3, 0.4) is 0 Å². The molecule has 1 aliphatic rings. The second kappa shape index (κ2) is 3.19. The zero-order valence-corrected chi connectivity index (χ0v) is 8.22. The monoisotopic (exact) mass is 192 g/mol. The third-order valence-electron chi connectivity index (χ3n) is 3.01. The minimum Gasteiger partial charge on any atom is -0.295 e. The van der Waals surface area contributed by atoms with Crippen molar-refractivity contribution >= 4 is 5.78 Å². The van der Waals surface area contributed by atoms with Crippen LogP contribution in [0.15, 0.2) is 24.3 Å². The van der Waals surface area contributed by atoms with E-state index in [1.807, 2.05) is 12.1 Å². The number of rotatable bonds is 3. The highest BCUT2D eigenvalue weighted by molar-refractivity contribution is 5.94. The number of hydrogen-bond donors (Lipinski definition) is 0. The fraction of sp³-hybridized carbons (Fsp3) is 0.417. The Kier molecular flexibility index (Phi) is 2.14. The number of hydrogen-bond acceptors (Lipinski definition) is 1. The molecule has 1 nitrogen and oxygen atoms in total. The quantitative estimate of drug-likeness (QED) is 0.673. The molecule has 0 bridgehead atoms. The number of benzene rings is 1. The second-order valence-electron chi connectivity index (χ2n) is 4.05. The molecule has 1 aliphatic carbocycles. The fourth-order valence-electron chi connectivity index (χ4n) is 1.71. The average Bonchev–Trinajstić information content (AvgIpc) is 2.99. The van der Waals surface area contributed by atoms with Crippen molar-refractivity contribution in [1.82, 2.24) is 0 Å². The Balaban J connectivity index is 2.26. The van der Waals surface area contributed by atoms with E-state index in [2.05, 4.69) is 0 Å². The minimum absolute atomic E-state index is 0.0571. The van der Waals surface area contributed by atoms with Gasteiger partial charge in [-0.3, -0.25) is 9.18 Å². The van der Waals surface area contributed by atoms with Gasteiger partial charge >= 0.3 is 0 Å². The molecule has 0 radical (unpaired) electrons. The Hall–Kier alpha value is -1.18. The van der Waals surface area contributed by atoms with E-state index in [0.717, 1.165) is 18.4 Å². The predicted octanol–water partition coefficient (Wildman–Crippen LogP) is 2.89. The molecule has 1 aromatic rings. The molecule has 0 unspecified atom stereocenters. The number of Topliss-reactive ketones (excluding diaryl/α,β-unsaturated/α-hetero) is 1. The number of carbonyl (C=O) groups is 1. The van der Waals surface area contributed by atoms with E-state index in [0.29, 0.717) is 5.56 Å². The summed E-state index contributed by atoms with van der Waals surface area (Å²) in [6.45, 7) is 1.25. The lowest BCUT2D eigenvalue weighted by Gasteiger charge is -2.10. The average molecular weight is 192 g/mol. The van der Waals surface area contributed by atoms with E-state index in [1.165, 1.54) is 6.92 Å². The first-order valence-corrected chi connectivity index (χ1v) is 4.85. The summed E-state index contributed by atoms with van der Waals surface area (Å²) in [5.74, 6) is 0.0571. The van der Waals surface area contributed by atoms with Crippen LogP contribution in [0.1, 0.15) is 35.7 Å². The highest BCUT2D eigenvalue weighted by Crippen LogP contribution is 2.48. The molecule has 0 amide bonds. The first-order valence-electron chi connectivity index (χ1n) is 4.85. The second-order valence-corrected chi connectivity index (χ2v) is 4.05. The lowest BCUT2D eigenvalue weighted by Crippen LogP contribution is -2.08. The lowest BCUT2D eigenvalue weighted by atomic mass is 9.96. The van der Waals surface area contributed by atoms with Crippen LogP contribution in [-0.4, -0.2) is 12.5 Å². The zero-order valence-electron chi connectivity index (χ0n) is 8.22. The van der Waals surface area contributed by atoms with E-state index < -0.39 is 0 Å². The summed E-state index contributed by atoms with van der Waals surface area (Å²) >= 11 is 0. The maximum atomic E-state index is 12.7. The molecular formula is C12H13FO. The van der Waals surface area contributed by atoms with Gasteiger partial charge in [0.25, 0.3) is 0 Å². The Labute approximate surface area is 82.9 Å². The van der Waals surface area contributed by atoms with Gasteiger partial charge in [0.15, 0.2) is 5.78 Å². The molecule has 14 heavy (non-hydrogen) atoms. The van der Waals surface area contributed by atoms with Crippen molar-refractivity contribution in [1.29, 1.82) is 0 Å². The van der Waals surface area contributed by atoms with E-state index in [4.69, 9.17) is 0 Å². The van der Waals surface area contributed by atoms with Crippen molar-refractivity contribution in [3.05, 3.63) is 35.4 Å².